The van der Waals surface area contributed by atoms with Crippen molar-refractivity contribution in [1.82, 2.24) is 9.69 Å². The largest absolute Gasteiger partial charge is 0.442 e. The number of nitriles is 1. The first-order valence-corrected chi connectivity index (χ1v) is 10.2. The van der Waals surface area contributed by atoms with Gasteiger partial charge in [-0.15, -0.1) is 11.6 Å². The highest BCUT2D eigenvalue weighted by Gasteiger charge is 2.47. The Hall–Kier alpha value is -1.81. The quantitative estimate of drug-likeness (QED) is 0.369. The zero-order valence-electron chi connectivity index (χ0n) is 15.6. The number of rotatable bonds is 5. The van der Waals surface area contributed by atoms with Crippen molar-refractivity contribution in [1.29, 1.82) is 5.26 Å². The standard InChI is InChI=1S/C19H20Cl2N4OS/c1-10(2)17(23-4)24-14-8-13(20)15(7-11(14)3)26-18-12(9-22)16(25-27-18)19(21)5-6-19/h7-8,10H,5-6H2,1-4H3,(H,23,24). The van der Waals surface area contributed by atoms with Gasteiger partial charge < -0.3 is 10.1 Å². The monoisotopic (exact) mass is 422 g/mol. The highest BCUT2D eigenvalue weighted by Crippen LogP contribution is 2.54. The van der Waals surface area contributed by atoms with E-state index in [4.69, 9.17) is 27.9 Å². The fourth-order valence-corrected chi connectivity index (χ4v) is 3.92. The number of amidine groups is 1. The molecule has 27 heavy (non-hydrogen) atoms. The molecular weight excluding hydrogens is 403 g/mol. The van der Waals surface area contributed by atoms with Crippen LogP contribution in [0.15, 0.2) is 17.1 Å². The van der Waals surface area contributed by atoms with Crippen molar-refractivity contribution < 1.29 is 4.74 Å². The molecule has 5 nitrogen and oxygen atoms in total. The first-order valence-electron chi connectivity index (χ1n) is 8.62. The van der Waals surface area contributed by atoms with E-state index in [0.29, 0.717) is 27.1 Å². The van der Waals surface area contributed by atoms with Crippen LogP contribution in [0.3, 0.4) is 0 Å². The molecule has 0 saturated heterocycles. The summed E-state index contributed by atoms with van der Waals surface area (Å²) in [5.41, 5.74) is 2.69. The molecule has 1 fully saturated rings. The normalized spacial score (nSPS) is 15.6. The van der Waals surface area contributed by atoms with Gasteiger partial charge >= 0.3 is 0 Å². The number of ether oxygens (including phenoxy) is 1. The first kappa shape index (κ1) is 19.9. The van der Waals surface area contributed by atoms with Crippen molar-refractivity contribution >= 4 is 46.3 Å². The molecule has 0 radical (unpaired) electrons. The molecule has 2 aromatic rings. The molecule has 1 aliphatic carbocycles. The Labute approximate surface area is 173 Å². The molecule has 8 heteroatoms. The van der Waals surface area contributed by atoms with E-state index in [9.17, 15) is 5.26 Å². The fourth-order valence-electron chi connectivity index (χ4n) is 2.64. The van der Waals surface area contributed by atoms with Gasteiger partial charge in [0.15, 0.2) is 0 Å². The van der Waals surface area contributed by atoms with Crippen molar-refractivity contribution in [3.63, 3.8) is 0 Å². The lowest BCUT2D eigenvalue weighted by molar-refractivity contribution is 0.494. The minimum absolute atomic E-state index is 0.267. The van der Waals surface area contributed by atoms with Gasteiger partial charge in [0.25, 0.3) is 0 Å². The first-order chi connectivity index (χ1) is 12.8. The average molecular weight is 423 g/mol. The third-order valence-electron chi connectivity index (χ3n) is 4.38. The van der Waals surface area contributed by atoms with Gasteiger partial charge in [0.05, 0.1) is 21.3 Å². The number of benzene rings is 1. The summed E-state index contributed by atoms with van der Waals surface area (Å²) in [6.45, 7) is 6.08. The van der Waals surface area contributed by atoms with Crippen LogP contribution in [0.2, 0.25) is 5.02 Å². The summed E-state index contributed by atoms with van der Waals surface area (Å²) in [7, 11) is 1.85. The number of nitrogens with one attached hydrogen (secondary N) is 1. The SMILES string of the molecule is CNC(=Nc1cc(Cl)c(Oc2snc(C3(Cl)CC3)c2C#N)cc1C)C(C)C. The van der Waals surface area contributed by atoms with Crippen LogP contribution in [-0.4, -0.2) is 17.3 Å². The molecule has 0 unspecified atom stereocenters. The van der Waals surface area contributed by atoms with Gasteiger partial charge in [0.1, 0.15) is 23.2 Å². The van der Waals surface area contributed by atoms with Crippen LogP contribution < -0.4 is 10.1 Å². The topological polar surface area (TPSA) is 70.3 Å². The highest BCUT2D eigenvalue weighted by molar-refractivity contribution is 7.08. The number of halogens is 2. The zero-order valence-corrected chi connectivity index (χ0v) is 17.9. The van der Waals surface area contributed by atoms with E-state index in [1.54, 1.807) is 6.07 Å². The predicted molar refractivity (Wildman–Crippen MR) is 111 cm³/mol. The van der Waals surface area contributed by atoms with Gasteiger partial charge in [-0.3, -0.25) is 0 Å². The number of alkyl halides is 1. The Morgan fingerprint density at radius 1 is 1.44 bits per heavy atom. The second-order valence-electron chi connectivity index (χ2n) is 6.84. The summed E-state index contributed by atoms with van der Waals surface area (Å²) in [5, 5.41) is 13.5. The fraction of sp³-hybridized carbons (Fsp3) is 0.421. The molecule has 1 heterocycles. The van der Waals surface area contributed by atoms with E-state index in [-0.39, 0.29) is 5.92 Å². The summed E-state index contributed by atoms with van der Waals surface area (Å²) in [6, 6.07) is 5.76. The molecule has 1 aliphatic rings. The molecule has 3 rings (SSSR count). The van der Waals surface area contributed by atoms with E-state index < -0.39 is 4.87 Å². The molecule has 1 aromatic carbocycles. The molecule has 0 bridgehead atoms. The number of hydrogen-bond acceptors (Lipinski definition) is 5. The summed E-state index contributed by atoms with van der Waals surface area (Å²) in [6.07, 6.45) is 1.64. The molecular formula is C19H20Cl2N4OS. The predicted octanol–water partition coefficient (Wildman–Crippen LogP) is 5.90. The van der Waals surface area contributed by atoms with Crippen LogP contribution in [0.25, 0.3) is 0 Å². The molecule has 0 atom stereocenters. The Morgan fingerprint density at radius 3 is 2.70 bits per heavy atom. The van der Waals surface area contributed by atoms with Crippen molar-refractivity contribution in [3.05, 3.63) is 34.0 Å². The van der Waals surface area contributed by atoms with Crippen LogP contribution in [-0.2, 0) is 4.87 Å². The van der Waals surface area contributed by atoms with E-state index >= 15 is 0 Å². The lowest BCUT2D eigenvalue weighted by Crippen LogP contribution is -2.23. The molecule has 0 aliphatic heterocycles. The summed E-state index contributed by atoms with van der Waals surface area (Å²) >= 11 is 14.0. The number of hydrogen-bond donors (Lipinski definition) is 1. The molecule has 1 aromatic heterocycles. The number of aryl methyl sites for hydroxylation is 1. The van der Waals surface area contributed by atoms with Crippen molar-refractivity contribution in [2.24, 2.45) is 10.9 Å². The van der Waals surface area contributed by atoms with Crippen LogP contribution in [0.5, 0.6) is 10.8 Å². The van der Waals surface area contributed by atoms with Gasteiger partial charge in [-0.2, -0.15) is 9.64 Å². The van der Waals surface area contributed by atoms with Gasteiger partial charge in [-0.25, -0.2) is 4.99 Å². The molecule has 1 N–H and O–H groups in total. The summed E-state index contributed by atoms with van der Waals surface area (Å²) in [5.74, 6) is 1.61. The summed E-state index contributed by atoms with van der Waals surface area (Å²) < 4.78 is 10.3. The molecule has 0 amide bonds. The maximum atomic E-state index is 9.52. The maximum absolute atomic E-state index is 9.52. The summed E-state index contributed by atoms with van der Waals surface area (Å²) in [4.78, 5) is 4.14. The Balaban J connectivity index is 1.93. The third kappa shape index (κ3) is 4.06. The second kappa shape index (κ2) is 7.67. The second-order valence-corrected chi connectivity index (χ2v) is 8.71. The minimum Gasteiger partial charge on any atom is -0.442 e. The van der Waals surface area contributed by atoms with Crippen LogP contribution in [0.4, 0.5) is 5.69 Å². The van der Waals surface area contributed by atoms with Crippen LogP contribution >= 0.6 is 34.7 Å². The maximum Gasteiger partial charge on any atom is 0.218 e. The third-order valence-corrected chi connectivity index (χ3v) is 5.96. The van der Waals surface area contributed by atoms with E-state index in [1.807, 2.05) is 20.0 Å². The van der Waals surface area contributed by atoms with E-state index in [2.05, 4.69) is 34.6 Å². The lowest BCUT2D eigenvalue weighted by Gasteiger charge is -2.12. The van der Waals surface area contributed by atoms with Crippen molar-refractivity contribution in [2.45, 2.75) is 38.5 Å². The lowest BCUT2D eigenvalue weighted by atomic mass is 10.1. The minimum atomic E-state index is -0.512. The zero-order chi connectivity index (χ0) is 19.8. The van der Waals surface area contributed by atoms with Gasteiger partial charge in [-0.05, 0) is 37.5 Å². The number of aliphatic imine (C=N–C) groups is 1. The van der Waals surface area contributed by atoms with Crippen molar-refractivity contribution in [2.75, 3.05) is 7.05 Å². The Morgan fingerprint density at radius 2 is 2.15 bits per heavy atom. The Bertz CT molecular complexity index is 942. The van der Waals surface area contributed by atoms with Crippen LogP contribution in [0, 0.1) is 24.2 Å². The molecule has 0 spiro atoms. The number of nitrogens with zero attached hydrogens (tertiary/aromatic N) is 3. The van der Waals surface area contributed by atoms with E-state index in [0.717, 1.165) is 41.5 Å². The van der Waals surface area contributed by atoms with Crippen LogP contribution in [0.1, 0.15) is 43.5 Å². The van der Waals surface area contributed by atoms with Crippen molar-refractivity contribution in [3.8, 4) is 16.9 Å². The molecule has 142 valence electrons. The van der Waals surface area contributed by atoms with Gasteiger partial charge in [0, 0.05) is 24.5 Å². The van der Waals surface area contributed by atoms with E-state index in [1.165, 1.54) is 0 Å². The highest BCUT2D eigenvalue weighted by atomic mass is 35.5. The smallest absolute Gasteiger partial charge is 0.218 e. The van der Waals surface area contributed by atoms with Gasteiger partial charge in [-0.1, -0.05) is 25.4 Å². The van der Waals surface area contributed by atoms with Gasteiger partial charge in [0.2, 0.25) is 5.06 Å². The molecule has 1 saturated carbocycles. The average Bonchev–Trinajstić information content (AvgIpc) is 3.23. The number of aromatic nitrogens is 1. The Kier molecular flexibility index (Phi) is 5.66.